The van der Waals surface area contributed by atoms with E-state index in [1.807, 2.05) is 20.8 Å². The number of carbonyl (C=O) groups excluding carboxylic acids is 1. The number of methoxy groups -OCH3 is 2. The number of piperazine rings is 1. The van der Waals surface area contributed by atoms with Crippen LogP contribution in [0.3, 0.4) is 0 Å². The maximum Gasteiger partial charge on any atom is 0.264 e. The molecule has 0 aliphatic carbocycles. The molecule has 0 radical (unpaired) electrons. The molecule has 1 saturated heterocycles. The van der Waals surface area contributed by atoms with E-state index < -0.39 is 0 Å². The largest absolute Gasteiger partial charge is 0.497 e. The number of halogens is 1. The zero-order valence-electron chi connectivity index (χ0n) is 24.8. The number of amides is 1. The molecule has 0 spiro atoms. The second-order valence-electron chi connectivity index (χ2n) is 11.1. The number of nitriles is 1. The van der Waals surface area contributed by atoms with Crippen molar-refractivity contribution in [3.05, 3.63) is 51.4 Å². The minimum atomic E-state index is -0.274. The quantitative estimate of drug-likeness (QED) is 0.306. The topological polar surface area (TPSA) is 126 Å². The smallest absolute Gasteiger partial charge is 0.264 e. The van der Waals surface area contributed by atoms with Gasteiger partial charge in [-0.15, -0.1) is 0 Å². The summed E-state index contributed by atoms with van der Waals surface area (Å²) in [5.74, 6) is 1.05. The van der Waals surface area contributed by atoms with Crippen LogP contribution in [0.4, 0.5) is 5.95 Å². The van der Waals surface area contributed by atoms with E-state index in [1.54, 1.807) is 47.0 Å². The Labute approximate surface area is 250 Å². The summed E-state index contributed by atoms with van der Waals surface area (Å²) in [6.45, 7) is 8.98. The normalized spacial score (nSPS) is 14.5. The molecule has 1 amide bonds. The van der Waals surface area contributed by atoms with Gasteiger partial charge in [-0.05, 0) is 17.5 Å². The highest BCUT2D eigenvalue weighted by atomic mass is 35.5. The van der Waals surface area contributed by atoms with Gasteiger partial charge < -0.3 is 19.7 Å². The average Bonchev–Trinajstić information content (AvgIpc) is 2.98. The number of benzene rings is 1. The number of pyridine rings is 1. The summed E-state index contributed by atoms with van der Waals surface area (Å²) < 4.78 is 12.5. The predicted molar refractivity (Wildman–Crippen MR) is 163 cm³/mol. The zero-order valence-corrected chi connectivity index (χ0v) is 25.6. The number of hydrogen-bond donors (Lipinski definition) is 1. The Morgan fingerprint density at radius 3 is 2.43 bits per heavy atom. The molecule has 0 atom stereocenters. The predicted octanol–water partition coefficient (Wildman–Crippen LogP) is 3.81. The summed E-state index contributed by atoms with van der Waals surface area (Å²) in [5, 5.41) is 13.4. The van der Waals surface area contributed by atoms with Gasteiger partial charge in [-0.25, -0.2) is 4.98 Å². The SMILES string of the molecule is CNc1ncc2cc(-c3cc(OC)cc(OC)c3Cl)c(=O)n(CCN3CCN(C(=O)/C(C#N)=C\C(C)(C)C)CC3)c2n1. The van der Waals surface area contributed by atoms with Crippen molar-refractivity contribution in [2.75, 3.05) is 59.3 Å². The van der Waals surface area contributed by atoms with Crippen LogP contribution < -0.4 is 20.3 Å². The van der Waals surface area contributed by atoms with Crippen molar-refractivity contribution in [1.82, 2.24) is 24.3 Å². The third-order valence-corrected chi connectivity index (χ3v) is 7.43. The Morgan fingerprint density at radius 1 is 1.12 bits per heavy atom. The van der Waals surface area contributed by atoms with Gasteiger partial charge >= 0.3 is 0 Å². The van der Waals surface area contributed by atoms with Gasteiger partial charge in [0.2, 0.25) is 5.95 Å². The maximum absolute atomic E-state index is 14.0. The van der Waals surface area contributed by atoms with Crippen molar-refractivity contribution in [3.8, 4) is 28.7 Å². The van der Waals surface area contributed by atoms with Crippen LogP contribution >= 0.6 is 11.6 Å². The number of nitrogens with one attached hydrogen (secondary N) is 1. The minimum Gasteiger partial charge on any atom is -0.497 e. The van der Waals surface area contributed by atoms with Gasteiger partial charge in [0.15, 0.2) is 0 Å². The van der Waals surface area contributed by atoms with Crippen LogP contribution in [0.25, 0.3) is 22.2 Å². The average molecular weight is 594 g/mol. The molecule has 42 heavy (non-hydrogen) atoms. The monoisotopic (exact) mass is 593 g/mol. The number of aromatic nitrogens is 3. The number of rotatable bonds is 8. The number of anilines is 1. The molecule has 0 bridgehead atoms. The van der Waals surface area contributed by atoms with Gasteiger partial charge in [0.25, 0.3) is 11.5 Å². The van der Waals surface area contributed by atoms with Gasteiger partial charge in [-0.1, -0.05) is 38.4 Å². The fraction of sp³-hybridized carbons (Fsp3) is 0.433. The van der Waals surface area contributed by atoms with E-state index in [0.717, 1.165) is 0 Å². The number of allylic oxidation sites excluding steroid dienone is 1. The highest BCUT2D eigenvalue weighted by Gasteiger charge is 2.25. The molecule has 1 fully saturated rings. The number of hydrogen-bond acceptors (Lipinski definition) is 9. The molecule has 4 rings (SSSR count). The van der Waals surface area contributed by atoms with Crippen molar-refractivity contribution >= 4 is 34.5 Å². The van der Waals surface area contributed by atoms with Gasteiger partial charge in [0.1, 0.15) is 28.8 Å². The minimum absolute atomic E-state index is 0.165. The van der Waals surface area contributed by atoms with Gasteiger partial charge in [0, 0.05) is 75.1 Å². The van der Waals surface area contributed by atoms with Crippen molar-refractivity contribution < 1.29 is 14.3 Å². The van der Waals surface area contributed by atoms with Gasteiger partial charge in [-0.3, -0.25) is 19.1 Å². The molecule has 0 saturated carbocycles. The van der Waals surface area contributed by atoms with E-state index in [9.17, 15) is 14.9 Å². The Hall–Kier alpha value is -4.14. The molecule has 1 aliphatic rings. The highest BCUT2D eigenvalue weighted by molar-refractivity contribution is 6.35. The molecule has 3 heterocycles. The molecular weight excluding hydrogens is 558 g/mol. The third-order valence-electron chi connectivity index (χ3n) is 7.04. The summed E-state index contributed by atoms with van der Waals surface area (Å²) in [7, 11) is 4.76. The first-order valence-electron chi connectivity index (χ1n) is 13.6. The fourth-order valence-corrected chi connectivity index (χ4v) is 5.16. The van der Waals surface area contributed by atoms with Crippen LogP contribution in [-0.4, -0.2) is 84.2 Å². The van der Waals surface area contributed by atoms with Crippen LogP contribution in [0.15, 0.2) is 40.8 Å². The Kier molecular flexibility index (Phi) is 9.39. The Balaban J connectivity index is 1.62. The molecular formula is C30H36ClN7O4. The van der Waals surface area contributed by atoms with E-state index in [2.05, 4.69) is 26.3 Å². The molecule has 0 unspecified atom stereocenters. The van der Waals surface area contributed by atoms with E-state index in [0.29, 0.717) is 83.9 Å². The van der Waals surface area contributed by atoms with Crippen molar-refractivity contribution in [2.24, 2.45) is 5.41 Å². The standard InChI is InChI=1S/C30H36ClN7O4/c1-30(2,3)16-20(17-32)27(39)37-10-7-36(8-11-37)9-12-38-26-19(18-34-29(33-4)35-26)13-23(28(38)40)22-14-21(41-5)15-24(42-6)25(22)31/h13-16,18H,7-12H2,1-6H3,(H,33,34,35)/b20-16-. The molecule has 12 heteroatoms. The van der Waals surface area contributed by atoms with Crippen LogP contribution in [0.1, 0.15) is 20.8 Å². The lowest BCUT2D eigenvalue weighted by Crippen LogP contribution is -2.50. The second-order valence-corrected chi connectivity index (χ2v) is 11.5. The van der Waals surface area contributed by atoms with Crippen molar-refractivity contribution in [1.29, 1.82) is 5.26 Å². The molecule has 3 aromatic rings. The van der Waals surface area contributed by atoms with Gasteiger partial charge in [-0.2, -0.15) is 10.2 Å². The first-order valence-corrected chi connectivity index (χ1v) is 14.0. The van der Waals surface area contributed by atoms with E-state index >= 15 is 0 Å². The second kappa shape index (κ2) is 12.8. The number of ether oxygens (including phenoxy) is 2. The molecule has 1 aromatic carbocycles. The van der Waals surface area contributed by atoms with Crippen molar-refractivity contribution in [3.63, 3.8) is 0 Å². The van der Waals surface area contributed by atoms with Crippen LogP contribution in [0, 0.1) is 16.7 Å². The maximum atomic E-state index is 14.0. The molecule has 1 aliphatic heterocycles. The van der Waals surface area contributed by atoms with E-state index in [-0.39, 0.29) is 22.5 Å². The summed E-state index contributed by atoms with van der Waals surface area (Å²) in [6.07, 6.45) is 3.39. The zero-order chi connectivity index (χ0) is 30.6. The van der Waals surface area contributed by atoms with E-state index in [1.165, 1.54) is 14.2 Å². The number of nitrogens with zero attached hydrogens (tertiary/aromatic N) is 6. The highest BCUT2D eigenvalue weighted by Crippen LogP contribution is 2.38. The lowest BCUT2D eigenvalue weighted by Gasteiger charge is -2.35. The molecule has 11 nitrogen and oxygen atoms in total. The molecule has 222 valence electrons. The summed E-state index contributed by atoms with van der Waals surface area (Å²) >= 11 is 6.67. The van der Waals surface area contributed by atoms with Crippen molar-refractivity contribution in [2.45, 2.75) is 27.3 Å². The van der Waals surface area contributed by atoms with Crippen LogP contribution in [0.5, 0.6) is 11.5 Å². The lowest BCUT2D eigenvalue weighted by molar-refractivity contribution is -0.128. The number of fused-ring (bicyclic) bond motifs is 1. The summed E-state index contributed by atoms with van der Waals surface area (Å²) in [4.78, 5) is 39.8. The first-order chi connectivity index (χ1) is 20.0. The lowest BCUT2D eigenvalue weighted by atomic mass is 9.93. The molecule has 1 N–H and O–H groups in total. The number of carbonyl (C=O) groups is 1. The van der Waals surface area contributed by atoms with Crippen LogP contribution in [-0.2, 0) is 11.3 Å². The third kappa shape index (κ3) is 6.66. The van der Waals surface area contributed by atoms with Gasteiger partial charge in [0.05, 0.1) is 19.2 Å². The molecule has 2 aromatic heterocycles. The Morgan fingerprint density at radius 2 is 1.83 bits per heavy atom. The van der Waals surface area contributed by atoms with Crippen LogP contribution in [0.2, 0.25) is 5.02 Å². The fourth-order valence-electron chi connectivity index (χ4n) is 4.88. The summed E-state index contributed by atoms with van der Waals surface area (Å²) in [5.41, 5.74) is 0.975. The summed E-state index contributed by atoms with van der Waals surface area (Å²) in [6, 6.07) is 7.16. The van der Waals surface area contributed by atoms with E-state index in [4.69, 9.17) is 21.1 Å². The first kappa shape index (κ1) is 30.8. The Bertz CT molecular complexity index is 1610.